The van der Waals surface area contributed by atoms with Crippen LogP contribution in [0.3, 0.4) is 0 Å². The molecule has 1 saturated heterocycles. The van der Waals surface area contributed by atoms with Crippen LogP contribution in [0.5, 0.6) is 5.75 Å². The molecule has 0 aliphatic carbocycles. The van der Waals surface area contributed by atoms with E-state index in [-0.39, 0.29) is 5.91 Å². The minimum absolute atomic E-state index is 0.0978. The Balaban J connectivity index is 2.03. The smallest absolute Gasteiger partial charge is 0.221 e. The first-order chi connectivity index (χ1) is 9.58. The molecule has 1 aliphatic heterocycles. The zero-order chi connectivity index (χ0) is 14.5. The molecular formula is C15H23N3O2. The van der Waals surface area contributed by atoms with Crippen molar-refractivity contribution in [3.8, 4) is 5.75 Å². The summed E-state index contributed by atoms with van der Waals surface area (Å²) in [6.45, 7) is 3.74. The van der Waals surface area contributed by atoms with Gasteiger partial charge in [-0.25, -0.2) is 0 Å². The molecule has 1 amide bonds. The number of hydrogen-bond donors (Lipinski definition) is 2. The van der Waals surface area contributed by atoms with E-state index in [4.69, 9.17) is 4.74 Å². The number of benzene rings is 1. The number of carbonyl (C=O) groups excluding carboxylic acids is 1. The normalized spacial score (nSPS) is 16.8. The largest absolute Gasteiger partial charge is 0.494 e. The van der Waals surface area contributed by atoms with Gasteiger partial charge in [-0.1, -0.05) is 0 Å². The number of carbonyl (C=O) groups is 1. The quantitative estimate of drug-likeness (QED) is 0.885. The number of nitrogens with zero attached hydrogens (tertiary/aromatic N) is 1. The molecule has 1 aliphatic rings. The molecule has 1 aromatic carbocycles. The second kappa shape index (κ2) is 6.61. The average molecular weight is 277 g/mol. The Morgan fingerprint density at radius 2 is 2.05 bits per heavy atom. The van der Waals surface area contributed by atoms with E-state index in [9.17, 15) is 4.79 Å². The Morgan fingerprint density at radius 3 is 2.65 bits per heavy atom. The fourth-order valence-corrected chi connectivity index (χ4v) is 2.46. The molecule has 0 saturated carbocycles. The molecule has 0 unspecified atom stereocenters. The van der Waals surface area contributed by atoms with E-state index in [1.165, 1.54) is 6.92 Å². The van der Waals surface area contributed by atoms with Crippen LogP contribution >= 0.6 is 0 Å². The molecule has 0 spiro atoms. The van der Waals surface area contributed by atoms with Crippen LogP contribution in [0, 0.1) is 0 Å². The van der Waals surface area contributed by atoms with Gasteiger partial charge in [-0.3, -0.25) is 4.79 Å². The number of hydrogen-bond acceptors (Lipinski definition) is 4. The number of rotatable bonds is 4. The van der Waals surface area contributed by atoms with Gasteiger partial charge in [0.25, 0.3) is 0 Å². The van der Waals surface area contributed by atoms with Gasteiger partial charge in [-0.05, 0) is 45.1 Å². The first kappa shape index (κ1) is 14.7. The third kappa shape index (κ3) is 3.87. The molecule has 1 fully saturated rings. The van der Waals surface area contributed by atoms with Crippen LogP contribution in [-0.4, -0.2) is 44.1 Å². The Bertz CT molecular complexity index is 468. The summed E-state index contributed by atoms with van der Waals surface area (Å²) in [7, 11) is 3.77. The van der Waals surface area contributed by atoms with Crippen molar-refractivity contribution < 1.29 is 9.53 Å². The van der Waals surface area contributed by atoms with Gasteiger partial charge >= 0.3 is 0 Å². The molecule has 0 aromatic heterocycles. The molecule has 2 N–H and O–H groups in total. The summed E-state index contributed by atoms with van der Waals surface area (Å²) in [5, 5.41) is 6.30. The summed E-state index contributed by atoms with van der Waals surface area (Å²) in [6.07, 6.45) is 2.29. The summed E-state index contributed by atoms with van der Waals surface area (Å²) in [5.41, 5.74) is 1.74. The molecule has 1 aromatic rings. The highest BCUT2D eigenvalue weighted by Crippen LogP contribution is 2.29. The minimum Gasteiger partial charge on any atom is -0.494 e. The van der Waals surface area contributed by atoms with Gasteiger partial charge in [0.2, 0.25) is 5.91 Å². The third-order valence-corrected chi connectivity index (χ3v) is 3.60. The summed E-state index contributed by atoms with van der Waals surface area (Å²) in [4.78, 5) is 13.5. The lowest BCUT2D eigenvalue weighted by Gasteiger charge is -2.30. The number of likely N-dealkylation sites (tertiary alicyclic amines) is 1. The number of methoxy groups -OCH3 is 1. The Hall–Kier alpha value is -1.75. The lowest BCUT2D eigenvalue weighted by molar-refractivity contribution is -0.114. The summed E-state index contributed by atoms with van der Waals surface area (Å²) in [6, 6.07) is 6.29. The first-order valence-electron chi connectivity index (χ1n) is 6.99. The van der Waals surface area contributed by atoms with Crippen molar-refractivity contribution in [3.63, 3.8) is 0 Å². The predicted octanol–water partition coefficient (Wildman–Crippen LogP) is 2.16. The van der Waals surface area contributed by atoms with Crippen molar-refractivity contribution >= 4 is 17.3 Å². The van der Waals surface area contributed by atoms with Gasteiger partial charge < -0.3 is 20.3 Å². The van der Waals surface area contributed by atoms with E-state index < -0.39 is 0 Å². The predicted molar refractivity (Wildman–Crippen MR) is 81.4 cm³/mol. The number of nitrogens with one attached hydrogen (secondary N) is 2. The molecule has 5 nitrogen and oxygen atoms in total. The van der Waals surface area contributed by atoms with Crippen molar-refractivity contribution in [2.45, 2.75) is 25.8 Å². The summed E-state index contributed by atoms with van der Waals surface area (Å²) < 4.78 is 5.33. The highest BCUT2D eigenvalue weighted by atomic mass is 16.5. The first-order valence-corrected chi connectivity index (χ1v) is 6.99. The standard InChI is InChI=1S/C15H23N3O2/c1-11(19)16-14-5-4-13(10-15(14)20-3)17-12-6-8-18(2)9-7-12/h4-5,10,12,17H,6-9H2,1-3H3,(H,16,19). The lowest BCUT2D eigenvalue weighted by atomic mass is 10.1. The van der Waals surface area contributed by atoms with Crippen LogP contribution < -0.4 is 15.4 Å². The fraction of sp³-hybridized carbons (Fsp3) is 0.533. The molecule has 0 atom stereocenters. The summed E-state index contributed by atoms with van der Waals surface area (Å²) in [5.74, 6) is 0.581. The van der Waals surface area contributed by atoms with E-state index in [0.29, 0.717) is 17.5 Å². The highest BCUT2D eigenvalue weighted by molar-refractivity contribution is 5.90. The molecule has 0 radical (unpaired) electrons. The van der Waals surface area contributed by atoms with Crippen LogP contribution in [0.25, 0.3) is 0 Å². The maximum Gasteiger partial charge on any atom is 0.221 e. The van der Waals surface area contributed by atoms with E-state index >= 15 is 0 Å². The zero-order valence-electron chi connectivity index (χ0n) is 12.4. The molecule has 1 heterocycles. The summed E-state index contributed by atoms with van der Waals surface area (Å²) >= 11 is 0. The number of amides is 1. The van der Waals surface area contributed by atoms with Crippen LogP contribution in [-0.2, 0) is 4.79 Å². The molecule has 20 heavy (non-hydrogen) atoms. The maximum atomic E-state index is 11.1. The van der Waals surface area contributed by atoms with Crippen molar-refractivity contribution in [3.05, 3.63) is 18.2 Å². The SMILES string of the molecule is COc1cc(NC2CCN(C)CC2)ccc1NC(C)=O. The molecule has 110 valence electrons. The van der Waals surface area contributed by atoms with Crippen LogP contribution in [0.4, 0.5) is 11.4 Å². The molecule has 5 heteroatoms. The van der Waals surface area contributed by atoms with Gasteiger partial charge in [0.05, 0.1) is 12.8 Å². The van der Waals surface area contributed by atoms with Gasteiger partial charge in [-0.15, -0.1) is 0 Å². The Morgan fingerprint density at radius 1 is 1.35 bits per heavy atom. The maximum absolute atomic E-state index is 11.1. The van der Waals surface area contributed by atoms with Crippen molar-refractivity contribution in [1.82, 2.24) is 4.90 Å². The monoisotopic (exact) mass is 277 g/mol. The fourth-order valence-electron chi connectivity index (χ4n) is 2.46. The van der Waals surface area contributed by atoms with Crippen molar-refractivity contribution in [2.24, 2.45) is 0 Å². The van der Waals surface area contributed by atoms with Crippen LogP contribution in [0.1, 0.15) is 19.8 Å². The topological polar surface area (TPSA) is 53.6 Å². The van der Waals surface area contributed by atoms with E-state index in [1.807, 2.05) is 18.2 Å². The van der Waals surface area contributed by atoms with E-state index in [1.54, 1.807) is 7.11 Å². The second-order valence-corrected chi connectivity index (χ2v) is 5.32. The average Bonchev–Trinajstić information content (AvgIpc) is 2.42. The van der Waals surface area contributed by atoms with Gasteiger partial charge in [0, 0.05) is 24.7 Å². The Kier molecular flexibility index (Phi) is 4.84. The number of piperidine rings is 1. The van der Waals surface area contributed by atoms with Crippen LogP contribution in [0.15, 0.2) is 18.2 Å². The van der Waals surface area contributed by atoms with Crippen LogP contribution in [0.2, 0.25) is 0 Å². The minimum atomic E-state index is -0.0978. The van der Waals surface area contributed by atoms with Gasteiger partial charge in [0.1, 0.15) is 5.75 Å². The zero-order valence-corrected chi connectivity index (χ0v) is 12.4. The molecular weight excluding hydrogens is 254 g/mol. The van der Waals surface area contributed by atoms with Crippen molar-refractivity contribution in [2.75, 3.05) is 37.9 Å². The Labute approximate surface area is 120 Å². The lowest BCUT2D eigenvalue weighted by Crippen LogP contribution is -2.36. The molecule has 0 bridgehead atoms. The van der Waals surface area contributed by atoms with E-state index in [0.717, 1.165) is 31.6 Å². The number of anilines is 2. The van der Waals surface area contributed by atoms with E-state index in [2.05, 4.69) is 22.6 Å². The second-order valence-electron chi connectivity index (χ2n) is 5.32. The molecule has 2 rings (SSSR count). The highest BCUT2D eigenvalue weighted by Gasteiger charge is 2.16. The number of ether oxygens (including phenoxy) is 1. The third-order valence-electron chi connectivity index (χ3n) is 3.60. The van der Waals surface area contributed by atoms with Gasteiger partial charge in [-0.2, -0.15) is 0 Å². The van der Waals surface area contributed by atoms with Crippen molar-refractivity contribution in [1.29, 1.82) is 0 Å². The van der Waals surface area contributed by atoms with Gasteiger partial charge in [0.15, 0.2) is 0 Å².